The zero-order chi connectivity index (χ0) is 20.4. The van der Waals surface area contributed by atoms with E-state index in [1.165, 1.54) is 4.88 Å². The molecule has 1 atom stereocenters. The largest absolute Gasteiger partial charge is 0.495 e. The monoisotopic (exact) mass is 412 g/mol. The lowest BCUT2D eigenvalue weighted by Crippen LogP contribution is -2.48. The molecule has 1 fully saturated rings. The van der Waals surface area contributed by atoms with Gasteiger partial charge in [-0.05, 0) is 54.8 Å². The first-order chi connectivity index (χ1) is 14.0. The molecule has 0 amide bonds. The number of anilines is 1. The Morgan fingerprint density at radius 2 is 1.79 bits per heavy atom. The van der Waals surface area contributed by atoms with Crippen LogP contribution >= 0.6 is 11.3 Å². The summed E-state index contributed by atoms with van der Waals surface area (Å²) >= 11 is 1.76. The van der Waals surface area contributed by atoms with E-state index in [9.17, 15) is 0 Å². The Morgan fingerprint density at radius 1 is 1.03 bits per heavy atom. The number of piperazine rings is 1. The first-order valence-electron chi connectivity index (χ1n) is 9.93. The first-order valence-corrected chi connectivity index (χ1v) is 10.8. The van der Waals surface area contributed by atoms with Gasteiger partial charge < -0.3 is 9.64 Å². The Kier molecular flexibility index (Phi) is 5.56. The molecule has 8 heteroatoms. The van der Waals surface area contributed by atoms with Crippen molar-refractivity contribution in [2.24, 2.45) is 0 Å². The number of para-hydroxylation sites is 2. The highest BCUT2D eigenvalue weighted by Crippen LogP contribution is 2.34. The third kappa shape index (κ3) is 4.00. The van der Waals surface area contributed by atoms with Crippen LogP contribution in [0.4, 0.5) is 5.69 Å². The van der Waals surface area contributed by atoms with Gasteiger partial charge in [0.25, 0.3) is 0 Å². The molecule has 0 bridgehead atoms. The molecule has 1 aliphatic rings. The molecular weight excluding hydrogens is 384 g/mol. The average Bonchev–Trinajstić information content (AvgIpc) is 3.41. The van der Waals surface area contributed by atoms with E-state index >= 15 is 0 Å². The second-order valence-corrected chi connectivity index (χ2v) is 9.21. The molecule has 0 radical (unpaired) electrons. The van der Waals surface area contributed by atoms with Crippen LogP contribution < -0.4 is 9.64 Å². The van der Waals surface area contributed by atoms with Crippen molar-refractivity contribution < 1.29 is 4.74 Å². The van der Waals surface area contributed by atoms with Crippen molar-refractivity contribution in [3.8, 4) is 5.75 Å². The van der Waals surface area contributed by atoms with Gasteiger partial charge in [-0.2, -0.15) is 0 Å². The molecule has 0 aliphatic carbocycles. The van der Waals surface area contributed by atoms with Crippen molar-refractivity contribution in [1.29, 1.82) is 0 Å². The van der Waals surface area contributed by atoms with Gasteiger partial charge in [0.05, 0.1) is 18.3 Å². The van der Waals surface area contributed by atoms with Gasteiger partial charge in [-0.1, -0.05) is 18.2 Å². The zero-order valence-electron chi connectivity index (χ0n) is 17.4. The van der Waals surface area contributed by atoms with E-state index in [1.807, 2.05) is 16.8 Å². The summed E-state index contributed by atoms with van der Waals surface area (Å²) in [5.74, 6) is 1.83. The number of thiophene rings is 1. The van der Waals surface area contributed by atoms with Crippen LogP contribution in [0.3, 0.4) is 0 Å². The number of methoxy groups -OCH3 is 1. The molecule has 3 heterocycles. The smallest absolute Gasteiger partial charge is 0.174 e. The third-order valence-electron chi connectivity index (χ3n) is 5.29. The predicted molar refractivity (Wildman–Crippen MR) is 116 cm³/mol. The highest BCUT2D eigenvalue weighted by molar-refractivity contribution is 7.10. The molecule has 0 N–H and O–H groups in total. The Morgan fingerprint density at radius 3 is 2.45 bits per heavy atom. The Bertz CT molecular complexity index is 925. The fraction of sp³-hybridized carbons (Fsp3) is 0.476. The van der Waals surface area contributed by atoms with E-state index in [-0.39, 0.29) is 11.6 Å². The molecule has 4 rings (SSSR count). The molecule has 2 aromatic heterocycles. The Balaban J connectivity index is 1.59. The summed E-state index contributed by atoms with van der Waals surface area (Å²) in [6.07, 6.45) is 0. The molecule has 1 aliphatic heterocycles. The number of hydrogen-bond acceptors (Lipinski definition) is 7. The molecule has 29 heavy (non-hydrogen) atoms. The van der Waals surface area contributed by atoms with Crippen LogP contribution in [0.5, 0.6) is 5.75 Å². The van der Waals surface area contributed by atoms with Crippen LogP contribution in [-0.4, -0.2) is 58.4 Å². The van der Waals surface area contributed by atoms with E-state index in [1.54, 1.807) is 18.4 Å². The second kappa shape index (κ2) is 8.12. The fourth-order valence-corrected chi connectivity index (χ4v) is 4.73. The lowest BCUT2D eigenvalue weighted by Gasteiger charge is -2.40. The number of ether oxygens (including phenoxy) is 1. The van der Waals surface area contributed by atoms with Crippen LogP contribution in [0.1, 0.15) is 37.5 Å². The molecule has 0 unspecified atom stereocenters. The Hall–Kier alpha value is -2.45. The topological polar surface area (TPSA) is 59.3 Å². The summed E-state index contributed by atoms with van der Waals surface area (Å²) in [7, 11) is 1.73. The van der Waals surface area contributed by atoms with Crippen LogP contribution in [0.15, 0.2) is 41.8 Å². The number of tetrazole rings is 1. The van der Waals surface area contributed by atoms with Crippen LogP contribution in [0, 0.1) is 0 Å². The van der Waals surface area contributed by atoms with Crippen LogP contribution in [0.25, 0.3) is 0 Å². The van der Waals surface area contributed by atoms with Crippen molar-refractivity contribution in [2.45, 2.75) is 32.4 Å². The van der Waals surface area contributed by atoms with Crippen molar-refractivity contribution in [3.05, 3.63) is 52.5 Å². The lowest BCUT2D eigenvalue weighted by atomic mass is 10.1. The van der Waals surface area contributed by atoms with Gasteiger partial charge in [0.1, 0.15) is 11.8 Å². The highest BCUT2D eigenvalue weighted by Gasteiger charge is 2.34. The molecule has 3 aromatic rings. The summed E-state index contributed by atoms with van der Waals surface area (Å²) in [6.45, 7) is 10.1. The molecule has 1 aromatic carbocycles. The minimum Gasteiger partial charge on any atom is -0.495 e. The number of rotatable bonds is 5. The van der Waals surface area contributed by atoms with E-state index < -0.39 is 0 Å². The van der Waals surface area contributed by atoms with Crippen molar-refractivity contribution in [3.63, 3.8) is 0 Å². The maximum atomic E-state index is 5.56. The third-order valence-corrected chi connectivity index (χ3v) is 6.22. The maximum absolute atomic E-state index is 5.56. The number of nitrogens with zero attached hydrogens (tertiary/aromatic N) is 6. The van der Waals surface area contributed by atoms with Gasteiger partial charge in [-0.25, -0.2) is 4.68 Å². The molecule has 154 valence electrons. The van der Waals surface area contributed by atoms with Gasteiger partial charge in [0.2, 0.25) is 0 Å². The minimum atomic E-state index is -0.173. The minimum absolute atomic E-state index is 0.0593. The highest BCUT2D eigenvalue weighted by atomic mass is 32.1. The van der Waals surface area contributed by atoms with Crippen molar-refractivity contribution >= 4 is 17.0 Å². The lowest BCUT2D eigenvalue weighted by molar-refractivity contribution is 0.193. The Labute approximate surface area is 175 Å². The van der Waals surface area contributed by atoms with Gasteiger partial charge >= 0.3 is 0 Å². The van der Waals surface area contributed by atoms with E-state index in [0.29, 0.717) is 0 Å². The van der Waals surface area contributed by atoms with Crippen LogP contribution in [0.2, 0.25) is 0 Å². The summed E-state index contributed by atoms with van der Waals surface area (Å²) in [5, 5.41) is 14.9. The van der Waals surface area contributed by atoms with E-state index in [0.717, 1.165) is 43.4 Å². The normalized spacial score (nSPS) is 16.8. The summed E-state index contributed by atoms with van der Waals surface area (Å²) in [5.41, 5.74) is 0.981. The van der Waals surface area contributed by atoms with Crippen LogP contribution in [-0.2, 0) is 5.54 Å². The zero-order valence-corrected chi connectivity index (χ0v) is 18.3. The van der Waals surface area contributed by atoms with Gasteiger partial charge in [0.15, 0.2) is 5.82 Å². The number of benzene rings is 1. The quantitative estimate of drug-likeness (QED) is 0.640. The number of aromatic nitrogens is 4. The SMILES string of the molecule is COc1ccccc1N1CCN([C@H](c2cccs2)c2nnnn2C(C)(C)C)CC1. The van der Waals surface area contributed by atoms with Gasteiger partial charge in [-0.3, -0.25) is 4.90 Å². The summed E-state index contributed by atoms with van der Waals surface area (Å²) in [4.78, 5) is 6.16. The average molecular weight is 413 g/mol. The number of hydrogen-bond donors (Lipinski definition) is 0. The molecule has 7 nitrogen and oxygen atoms in total. The second-order valence-electron chi connectivity index (χ2n) is 8.23. The summed E-state index contributed by atoms with van der Waals surface area (Å²) < 4.78 is 7.52. The standard InChI is InChI=1S/C21H28N6OS/c1-21(2,3)27-20(22-23-24-27)19(18-10-7-15-29-18)26-13-11-25(12-14-26)16-8-5-6-9-17(16)28-4/h5-10,15,19H,11-14H2,1-4H3/t19-/m1/s1. The predicted octanol–water partition coefficient (Wildman–Crippen LogP) is 3.41. The van der Waals surface area contributed by atoms with E-state index in [4.69, 9.17) is 4.74 Å². The van der Waals surface area contributed by atoms with Gasteiger partial charge in [-0.15, -0.1) is 16.4 Å². The molecular formula is C21H28N6OS. The van der Waals surface area contributed by atoms with E-state index in [2.05, 4.69) is 75.7 Å². The van der Waals surface area contributed by atoms with Crippen molar-refractivity contribution in [2.75, 3.05) is 38.2 Å². The van der Waals surface area contributed by atoms with Crippen molar-refractivity contribution in [1.82, 2.24) is 25.1 Å². The molecule has 0 spiro atoms. The molecule has 1 saturated heterocycles. The fourth-order valence-electron chi connectivity index (χ4n) is 3.87. The summed E-state index contributed by atoms with van der Waals surface area (Å²) in [6, 6.07) is 12.6. The maximum Gasteiger partial charge on any atom is 0.174 e. The van der Waals surface area contributed by atoms with Gasteiger partial charge in [0, 0.05) is 31.1 Å². The first kappa shape index (κ1) is 19.8. The molecule has 0 saturated carbocycles.